The molecule has 1 aromatic carbocycles. The maximum absolute atomic E-state index is 11.3. The number of nitrogens with zero attached hydrogens (tertiary/aromatic N) is 1. The Morgan fingerprint density at radius 1 is 1.50 bits per heavy atom. The van der Waals surface area contributed by atoms with E-state index >= 15 is 0 Å². The van der Waals surface area contributed by atoms with Gasteiger partial charge < -0.3 is 10.4 Å². The first-order valence-corrected chi connectivity index (χ1v) is 6.61. The van der Waals surface area contributed by atoms with Gasteiger partial charge in [0, 0.05) is 9.37 Å². The van der Waals surface area contributed by atoms with Crippen LogP contribution in [0.4, 0.5) is 0 Å². The lowest BCUT2D eigenvalue weighted by Crippen LogP contribution is -2.25. The Kier molecular flexibility index (Phi) is 5.68. The van der Waals surface area contributed by atoms with Gasteiger partial charge in [0.05, 0.1) is 17.4 Å². The molecule has 0 aliphatic heterocycles. The molecule has 18 heavy (non-hydrogen) atoms. The highest BCUT2D eigenvalue weighted by molar-refractivity contribution is 9.10. The Bertz CT molecular complexity index is 514. The molecule has 0 aliphatic rings. The average Bonchev–Trinajstić information content (AvgIpc) is 2.35. The zero-order chi connectivity index (χ0) is 13.5. The SMILES string of the molecule is N#CCNC(=O)CSc1ccc(Br)c(C(=O)O)c1. The molecular weight excluding hydrogens is 320 g/mol. The summed E-state index contributed by atoms with van der Waals surface area (Å²) in [6.07, 6.45) is 0. The van der Waals surface area contributed by atoms with Crippen LogP contribution < -0.4 is 5.32 Å². The number of hydrogen-bond acceptors (Lipinski definition) is 4. The maximum Gasteiger partial charge on any atom is 0.336 e. The molecule has 0 spiro atoms. The van der Waals surface area contributed by atoms with Crippen molar-refractivity contribution in [3.05, 3.63) is 28.2 Å². The summed E-state index contributed by atoms with van der Waals surface area (Å²) >= 11 is 4.35. The number of hydrogen-bond donors (Lipinski definition) is 2. The number of rotatable bonds is 5. The van der Waals surface area contributed by atoms with Crippen LogP contribution in [0, 0.1) is 11.3 Å². The van der Waals surface area contributed by atoms with Crippen LogP contribution in [-0.2, 0) is 4.79 Å². The van der Waals surface area contributed by atoms with E-state index in [0.717, 1.165) is 0 Å². The van der Waals surface area contributed by atoms with Crippen LogP contribution >= 0.6 is 27.7 Å². The van der Waals surface area contributed by atoms with Crippen LogP contribution in [0.15, 0.2) is 27.6 Å². The Labute approximate surface area is 116 Å². The van der Waals surface area contributed by atoms with Crippen molar-refractivity contribution < 1.29 is 14.7 Å². The maximum atomic E-state index is 11.3. The van der Waals surface area contributed by atoms with Crippen LogP contribution in [-0.4, -0.2) is 29.3 Å². The first-order chi connectivity index (χ1) is 8.54. The fraction of sp³-hybridized carbons (Fsp3) is 0.182. The van der Waals surface area contributed by atoms with Crippen LogP contribution in [0.3, 0.4) is 0 Å². The van der Waals surface area contributed by atoms with E-state index in [2.05, 4.69) is 21.2 Å². The molecule has 1 amide bonds. The first kappa shape index (κ1) is 14.5. The summed E-state index contributed by atoms with van der Waals surface area (Å²) in [7, 11) is 0. The number of amides is 1. The number of carboxylic acid groups (broad SMARTS) is 1. The van der Waals surface area contributed by atoms with Crippen molar-refractivity contribution in [2.45, 2.75) is 4.90 Å². The Morgan fingerprint density at radius 2 is 2.22 bits per heavy atom. The van der Waals surface area contributed by atoms with E-state index in [0.29, 0.717) is 9.37 Å². The summed E-state index contributed by atoms with van der Waals surface area (Å²) in [5.74, 6) is -1.15. The summed E-state index contributed by atoms with van der Waals surface area (Å²) in [5, 5.41) is 19.6. The number of carbonyl (C=O) groups is 2. The second kappa shape index (κ2) is 7.03. The third-order valence-electron chi connectivity index (χ3n) is 1.90. The van der Waals surface area contributed by atoms with Gasteiger partial charge >= 0.3 is 5.97 Å². The molecule has 0 aliphatic carbocycles. The van der Waals surface area contributed by atoms with Crippen molar-refractivity contribution in [2.24, 2.45) is 0 Å². The Morgan fingerprint density at radius 3 is 2.83 bits per heavy atom. The van der Waals surface area contributed by atoms with Gasteiger partial charge in [-0.05, 0) is 34.1 Å². The summed E-state index contributed by atoms with van der Waals surface area (Å²) < 4.78 is 0.494. The monoisotopic (exact) mass is 328 g/mol. The molecule has 5 nitrogen and oxygen atoms in total. The third kappa shape index (κ3) is 4.39. The van der Waals surface area contributed by atoms with E-state index in [-0.39, 0.29) is 23.8 Å². The van der Waals surface area contributed by atoms with E-state index < -0.39 is 5.97 Å². The number of halogens is 1. The number of carboxylic acids is 1. The zero-order valence-corrected chi connectivity index (χ0v) is 11.5. The quantitative estimate of drug-likeness (QED) is 0.636. The highest BCUT2D eigenvalue weighted by Gasteiger charge is 2.10. The van der Waals surface area contributed by atoms with Gasteiger partial charge in [-0.1, -0.05) is 0 Å². The number of benzene rings is 1. The predicted molar refractivity (Wildman–Crippen MR) is 70.4 cm³/mol. The Hall–Kier alpha value is -1.52. The molecule has 7 heteroatoms. The van der Waals surface area contributed by atoms with Crippen LogP contribution in [0.1, 0.15) is 10.4 Å². The molecule has 2 N–H and O–H groups in total. The fourth-order valence-electron chi connectivity index (χ4n) is 1.10. The van der Waals surface area contributed by atoms with E-state index in [1.807, 2.05) is 0 Å². The number of carbonyl (C=O) groups excluding carboxylic acids is 1. The lowest BCUT2D eigenvalue weighted by molar-refractivity contribution is -0.118. The van der Waals surface area contributed by atoms with Crippen LogP contribution in [0.25, 0.3) is 0 Å². The van der Waals surface area contributed by atoms with Gasteiger partial charge in [0.2, 0.25) is 5.91 Å². The molecule has 1 aromatic rings. The molecule has 1 rings (SSSR count). The predicted octanol–water partition coefficient (Wildman–Crippen LogP) is 1.88. The molecule has 94 valence electrons. The molecule has 0 fully saturated rings. The number of nitrogens with one attached hydrogen (secondary N) is 1. The van der Waals surface area contributed by atoms with E-state index in [4.69, 9.17) is 10.4 Å². The van der Waals surface area contributed by atoms with Crippen LogP contribution in [0.5, 0.6) is 0 Å². The first-order valence-electron chi connectivity index (χ1n) is 4.84. The number of nitriles is 1. The van der Waals surface area contributed by atoms with Gasteiger partial charge in [-0.25, -0.2) is 4.79 Å². The molecule has 0 bridgehead atoms. The largest absolute Gasteiger partial charge is 0.478 e. The van der Waals surface area contributed by atoms with Crippen molar-refractivity contribution in [3.8, 4) is 6.07 Å². The lowest BCUT2D eigenvalue weighted by Gasteiger charge is -2.04. The summed E-state index contributed by atoms with van der Waals surface area (Å²) in [6, 6.07) is 6.64. The highest BCUT2D eigenvalue weighted by Crippen LogP contribution is 2.24. The molecule has 0 atom stereocenters. The summed E-state index contributed by atoms with van der Waals surface area (Å²) in [4.78, 5) is 22.8. The molecule has 0 radical (unpaired) electrons. The minimum Gasteiger partial charge on any atom is -0.478 e. The van der Waals surface area contributed by atoms with E-state index in [1.165, 1.54) is 17.8 Å². The minimum absolute atomic E-state index is 0.0277. The Balaban J connectivity index is 2.64. The lowest BCUT2D eigenvalue weighted by atomic mass is 10.2. The smallest absolute Gasteiger partial charge is 0.336 e. The summed E-state index contributed by atoms with van der Waals surface area (Å²) in [5.41, 5.74) is 0.150. The number of aromatic carboxylic acids is 1. The van der Waals surface area contributed by atoms with E-state index in [9.17, 15) is 9.59 Å². The van der Waals surface area contributed by atoms with Crippen molar-refractivity contribution in [3.63, 3.8) is 0 Å². The standard InChI is InChI=1S/C11H9BrN2O3S/c12-9-2-1-7(5-8(9)11(16)17)18-6-10(15)14-4-3-13/h1-2,5H,4,6H2,(H,14,15)(H,16,17). The van der Waals surface area contributed by atoms with Crippen molar-refractivity contribution >= 4 is 39.6 Å². The molecular formula is C11H9BrN2O3S. The second-order valence-corrected chi connectivity index (χ2v) is 5.07. The normalized spacial score (nSPS) is 9.56. The van der Waals surface area contributed by atoms with E-state index in [1.54, 1.807) is 18.2 Å². The van der Waals surface area contributed by atoms with Crippen LogP contribution in [0.2, 0.25) is 0 Å². The van der Waals surface area contributed by atoms with Crippen molar-refractivity contribution in [1.82, 2.24) is 5.32 Å². The van der Waals surface area contributed by atoms with Gasteiger partial charge in [-0.2, -0.15) is 5.26 Å². The van der Waals surface area contributed by atoms with Crippen molar-refractivity contribution in [2.75, 3.05) is 12.3 Å². The van der Waals surface area contributed by atoms with Gasteiger partial charge in [0.15, 0.2) is 0 Å². The third-order valence-corrected chi connectivity index (χ3v) is 3.59. The number of thioether (sulfide) groups is 1. The van der Waals surface area contributed by atoms with Gasteiger partial charge in [-0.3, -0.25) is 4.79 Å². The molecule has 0 heterocycles. The second-order valence-electron chi connectivity index (χ2n) is 3.17. The molecule has 0 unspecified atom stereocenters. The van der Waals surface area contributed by atoms with Crippen molar-refractivity contribution in [1.29, 1.82) is 5.26 Å². The highest BCUT2D eigenvalue weighted by atomic mass is 79.9. The molecule has 0 saturated carbocycles. The fourth-order valence-corrected chi connectivity index (χ4v) is 2.28. The summed E-state index contributed by atoms with van der Waals surface area (Å²) in [6.45, 7) is -0.0277. The zero-order valence-electron chi connectivity index (χ0n) is 9.14. The molecule has 0 aromatic heterocycles. The van der Waals surface area contributed by atoms with Gasteiger partial charge in [-0.15, -0.1) is 11.8 Å². The van der Waals surface area contributed by atoms with Gasteiger partial charge in [0.1, 0.15) is 6.54 Å². The average molecular weight is 329 g/mol. The topological polar surface area (TPSA) is 90.2 Å². The molecule has 0 saturated heterocycles. The van der Waals surface area contributed by atoms with Gasteiger partial charge in [0.25, 0.3) is 0 Å². The minimum atomic E-state index is -1.03.